The standard InChI is InChI=1S/C13H17NO4/c1-14(2)13(16)18-11-7-4-10(5-8-11)6-9-12(15)17-3/h4-5,7-8H,6,9H2,1-3H3. The molecule has 5 heteroatoms. The van der Waals surface area contributed by atoms with Gasteiger partial charge < -0.3 is 14.4 Å². The van der Waals surface area contributed by atoms with Gasteiger partial charge in [-0.3, -0.25) is 4.79 Å². The molecule has 0 radical (unpaired) electrons. The van der Waals surface area contributed by atoms with E-state index >= 15 is 0 Å². The van der Waals surface area contributed by atoms with E-state index in [-0.39, 0.29) is 5.97 Å². The number of carbonyl (C=O) groups is 2. The summed E-state index contributed by atoms with van der Waals surface area (Å²) >= 11 is 0. The summed E-state index contributed by atoms with van der Waals surface area (Å²) in [5.74, 6) is 0.244. The zero-order valence-corrected chi connectivity index (χ0v) is 10.8. The number of ether oxygens (including phenoxy) is 2. The molecule has 0 unspecified atom stereocenters. The third-order valence-corrected chi connectivity index (χ3v) is 2.34. The van der Waals surface area contributed by atoms with Gasteiger partial charge in [-0.1, -0.05) is 12.1 Å². The Labute approximate surface area is 106 Å². The van der Waals surface area contributed by atoms with Crippen molar-refractivity contribution >= 4 is 12.1 Å². The van der Waals surface area contributed by atoms with Gasteiger partial charge in [0.05, 0.1) is 7.11 Å². The molecule has 0 atom stereocenters. The Morgan fingerprint density at radius 3 is 2.28 bits per heavy atom. The highest BCUT2D eigenvalue weighted by Gasteiger charge is 2.06. The third-order valence-electron chi connectivity index (χ3n) is 2.34. The number of carbonyl (C=O) groups excluding carboxylic acids is 2. The Morgan fingerprint density at radius 1 is 1.17 bits per heavy atom. The first-order valence-corrected chi connectivity index (χ1v) is 5.58. The zero-order valence-electron chi connectivity index (χ0n) is 10.8. The minimum atomic E-state index is -0.419. The van der Waals surface area contributed by atoms with Crippen LogP contribution in [-0.4, -0.2) is 38.2 Å². The predicted octanol–water partition coefficient (Wildman–Crippen LogP) is 1.85. The second kappa shape index (κ2) is 6.64. The molecular formula is C13H17NO4. The topological polar surface area (TPSA) is 55.8 Å². The van der Waals surface area contributed by atoms with Crippen LogP contribution in [0.4, 0.5) is 4.79 Å². The number of hydrogen-bond acceptors (Lipinski definition) is 4. The molecule has 1 aromatic carbocycles. The summed E-state index contributed by atoms with van der Waals surface area (Å²) in [6, 6.07) is 7.05. The molecule has 1 rings (SSSR count). The lowest BCUT2D eigenvalue weighted by molar-refractivity contribution is -0.140. The van der Waals surface area contributed by atoms with Gasteiger partial charge in [-0.05, 0) is 24.1 Å². The second-order valence-electron chi connectivity index (χ2n) is 3.98. The summed E-state index contributed by atoms with van der Waals surface area (Å²) < 4.78 is 9.63. The molecule has 0 fully saturated rings. The molecule has 1 amide bonds. The molecule has 0 saturated heterocycles. The van der Waals surface area contributed by atoms with Crippen LogP contribution in [0.5, 0.6) is 5.75 Å². The van der Waals surface area contributed by atoms with E-state index in [1.54, 1.807) is 26.2 Å². The SMILES string of the molecule is COC(=O)CCc1ccc(OC(=O)N(C)C)cc1. The molecule has 0 saturated carbocycles. The number of amides is 1. The molecule has 18 heavy (non-hydrogen) atoms. The molecular weight excluding hydrogens is 234 g/mol. The van der Waals surface area contributed by atoms with Crippen molar-refractivity contribution in [3.05, 3.63) is 29.8 Å². The first-order chi connectivity index (χ1) is 8.52. The Bertz CT molecular complexity index is 412. The average molecular weight is 251 g/mol. The van der Waals surface area contributed by atoms with Crippen molar-refractivity contribution in [2.75, 3.05) is 21.2 Å². The molecule has 0 aliphatic carbocycles. The number of methoxy groups -OCH3 is 1. The maximum atomic E-state index is 11.3. The van der Waals surface area contributed by atoms with Gasteiger partial charge in [-0.15, -0.1) is 0 Å². The predicted molar refractivity (Wildman–Crippen MR) is 66.5 cm³/mol. The van der Waals surface area contributed by atoms with Crippen LogP contribution in [0.3, 0.4) is 0 Å². The van der Waals surface area contributed by atoms with Gasteiger partial charge in [0.2, 0.25) is 0 Å². The number of nitrogens with zero attached hydrogens (tertiary/aromatic N) is 1. The van der Waals surface area contributed by atoms with Crippen LogP contribution >= 0.6 is 0 Å². The fraction of sp³-hybridized carbons (Fsp3) is 0.385. The monoisotopic (exact) mass is 251 g/mol. The Balaban J connectivity index is 2.52. The lowest BCUT2D eigenvalue weighted by Crippen LogP contribution is -2.25. The van der Waals surface area contributed by atoms with Gasteiger partial charge in [-0.25, -0.2) is 4.79 Å². The van der Waals surface area contributed by atoms with Gasteiger partial charge in [0.1, 0.15) is 5.75 Å². The maximum absolute atomic E-state index is 11.3. The molecule has 0 aliphatic rings. The molecule has 0 aliphatic heterocycles. The Kier molecular flexibility index (Phi) is 5.17. The van der Waals surface area contributed by atoms with Crippen molar-refractivity contribution in [1.82, 2.24) is 4.90 Å². The summed E-state index contributed by atoms with van der Waals surface area (Å²) in [7, 11) is 4.60. The van der Waals surface area contributed by atoms with Crippen LogP contribution in [-0.2, 0) is 16.0 Å². The summed E-state index contributed by atoms with van der Waals surface area (Å²) in [5, 5.41) is 0. The molecule has 0 aromatic heterocycles. The molecule has 0 bridgehead atoms. The summed E-state index contributed by atoms with van der Waals surface area (Å²) in [5.41, 5.74) is 0.991. The van der Waals surface area contributed by atoms with Crippen LogP contribution in [0, 0.1) is 0 Å². The normalized spacial score (nSPS) is 9.72. The van der Waals surface area contributed by atoms with Crippen LogP contribution in [0.2, 0.25) is 0 Å². The van der Waals surface area contributed by atoms with E-state index in [2.05, 4.69) is 4.74 Å². The van der Waals surface area contributed by atoms with Crippen molar-refractivity contribution in [3.8, 4) is 5.75 Å². The van der Waals surface area contributed by atoms with Crippen molar-refractivity contribution in [3.63, 3.8) is 0 Å². The van der Waals surface area contributed by atoms with Gasteiger partial charge >= 0.3 is 12.1 Å². The van der Waals surface area contributed by atoms with E-state index in [4.69, 9.17) is 4.74 Å². The fourth-order valence-electron chi connectivity index (χ4n) is 1.26. The fourth-order valence-corrected chi connectivity index (χ4v) is 1.26. The first kappa shape index (κ1) is 14.0. The van der Waals surface area contributed by atoms with E-state index in [0.29, 0.717) is 18.6 Å². The minimum absolute atomic E-state index is 0.238. The van der Waals surface area contributed by atoms with Crippen molar-refractivity contribution in [2.45, 2.75) is 12.8 Å². The second-order valence-corrected chi connectivity index (χ2v) is 3.98. The molecule has 1 aromatic rings. The highest BCUT2D eigenvalue weighted by molar-refractivity contribution is 5.70. The lowest BCUT2D eigenvalue weighted by Gasteiger charge is -2.10. The summed E-state index contributed by atoms with van der Waals surface area (Å²) in [4.78, 5) is 23.6. The smallest absolute Gasteiger partial charge is 0.414 e. The third kappa shape index (κ3) is 4.45. The number of esters is 1. The lowest BCUT2D eigenvalue weighted by atomic mass is 10.1. The van der Waals surface area contributed by atoms with Crippen LogP contribution in [0.1, 0.15) is 12.0 Å². The summed E-state index contributed by atoms with van der Waals surface area (Å²) in [6.45, 7) is 0. The van der Waals surface area contributed by atoms with Crippen LogP contribution in [0.25, 0.3) is 0 Å². The van der Waals surface area contributed by atoms with Gasteiger partial charge in [0.15, 0.2) is 0 Å². The minimum Gasteiger partial charge on any atom is -0.469 e. The highest BCUT2D eigenvalue weighted by Crippen LogP contribution is 2.14. The number of rotatable bonds is 4. The molecule has 0 spiro atoms. The van der Waals surface area contributed by atoms with E-state index in [1.807, 2.05) is 12.1 Å². The molecule has 5 nitrogen and oxygen atoms in total. The Morgan fingerprint density at radius 2 is 1.78 bits per heavy atom. The quantitative estimate of drug-likeness (QED) is 0.766. The summed E-state index contributed by atoms with van der Waals surface area (Å²) in [6.07, 6.45) is 0.527. The van der Waals surface area contributed by atoms with Crippen LogP contribution in [0.15, 0.2) is 24.3 Å². The van der Waals surface area contributed by atoms with Gasteiger partial charge in [0, 0.05) is 20.5 Å². The van der Waals surface area contributed by atoms with Crippen LogP contribution < -0.4 is 4.74 Å². The van der Waals surface area contributed by atoms with E-state index in [0.717, 1.165) is 5.56 Å². The largest absolute Gasteiger partial charge is 0.469 e. The maximum Gasteiger partial charge on any atom is 0.414 e. The number of hydrogen-bond donors (Lipinski definition) is 0. The zero-order chi connectivity index (χ0) is 13.5. The highest BCUT2D eigenvalue weighted by atomic mass is 16.6. The van der Waals surface area contributed by atoms with Gasteiger partial charge in [-0.2, -0.15) is 0 Å². The first-order valence-electron chi connectivity index (χ1n) is 5.58. The Hall–Kier alpha value is -2.04. The molecule has 98 valence electrons. The van der Waals surface area contributed by atoms with E-state index in [9.17, 15) is 9.59 Å². The number of aryl methyl sites for hydroxylation is 1. The van der Waals surface area contributed by atoms with E-state index < -0.39 is 6.09 Å². The molecule has 0 heterocycles. The van der Waals surface area contributed by atoms with E-state index in [1.165, 1.54) is 12.0 Å². The molecule has 0 N–H and O–H groups in total. The van der Waals surface area contributed by atoms with Crippen molar-refractivity contribution < 1.29 is 19.1 Å². The number of benzene rings is 1. The average Bonchev–Trinajstić information content (AvgIpc) is 2.37. The van der Waals surface area contributed by atoms with Crippen molar-refractivity contribution in [1.29, 1.82) is 0 Å². The van der Waals surface area contributed by atoms with Gasteiger partial charge in [0.25, 0.3) is 0 Å². The van der Waals surface area contributed by atoms with Crippen molar-refractivity contribution in [2.24, 2.45) is 0 Å².